The first-order valence-corrected chi connectivity index (χ1v) is 7.71. The molecule has 1 atom stereocenters. The van der Waals surface area contributed by atoms with Crippen LogP contribution < -0.4 is 5.32 Å². The zero-order valence-corrected chi connectivity index (χ0v) is 13.2. The summed E-state index contributed by atoms with van der Waals surface area (Å²) in [5.74, 6) is -0.186. The fraction of sp³-hybridized carbons (Fsp3) is 0.294. The molecule has 2 aromatic carbocycles. The van der Waals surface area contributed by atoms with Crippen LogP contribution in [0.5, 0.6) is 0 Å². The van der Waals surface area contributed by atoms with Gasteiger partial charge in [0, 0.05) is 10.5 Å². The third-order valence-corrected chi connectivity index (χ3v) is 3.74. The summed E-state index contributed by atoms with van der Waals surface area (Å²) in [7, 11) is 0. The van der Waals surface area contributed by atoms with Crippen LogP contribution in [0.4, 0.5) is 4.39 Å². The number of rotatable bonds is 6. The summed E-state index contributed by atoms with van der Waals surface area (Å²) in [6, 6.07) is 15.3. The largest absolute Gasteiger partial charge is 0.310 e. The van der Waals surface area contributed by atoms with Crippen LogP contribution in [0.25, 0.3) is 0 Å². The van der Waals surface area contributed by atoms with E-state index in [1.807, 2.05) is 24.3 Å². The molecule has 0 aliphatic carbocycles. The summed E-state index contributed by atoms with van der Waals surface area (Å²) in [5.41, 5.74) is 2.39. The normalized spacial score (nSPS) is 12.3. The van der Waals surface area contributed by atoms with Crippen LogP contribution in [0.2, 0.25) is 0 Å². The lowest BCUT2D eigenvalue weighted by atomic mass is 9.99. The highest BCUT2D eigenvalue weighted by molar-refractivity contribution is 9.10. The van der Waals surface area contributed by atoms with Crippen LogP contribution in [0.3, 0.4) is 0 Å². The molecule has 0 aliphatic rings. The minimum atomic E-state index is -0.186. The van der Waals surface area contributed by atoms with Gasteiger partial charge >= 0.3 is 0 Å². The van der Waals surface area contributed by atoms with E-state index in [-0.39, 0.29) is 11.9 Å². The predicted octanol–water partition coefficient (Wildman–Crippen LogP) is 4.87. The van der Waals surface area contributed by atoms with Gasteiger partial charge in [-0.3, -0.25) is 0 Å². The molecule has 0 aliphatic heterocycles. The van der Waals surface area contributed by atoms with Crippen LogP contribution in [0.1, 0.15) is 30.5 Å². The van der Waals surface area contributed by atoms with Gasteiger partial charge in [-0.2, -0.15) is 0 Å². The van der Waals surface area contributed by atoms with E-state index >= 15 is 0 Å². The molecule has 0 heterocycles. The lowest BCUT2D eigenvalue weighted by molar-refractivity contribution is 0.528. The standard InChI is InChI=1S/C17H19BrFN/c1-2-10-20-17(14-4-3-5-15(18)12-14)11-13-6-8-16(19)9-7-13/h3-9,12,17,20H,2,10-11H2,1H3. The number of hydrogen-bond donors (Lipinski definition) is 1. The number of halogens is 2. The summed E-state index contributed by atoms with van der Waals surface area (Å²) in [5, 5.41) is 3.56. The molecule has 1 unspecified atom stereocenters. The van der Waals surface area contributed by atoms with Crippen LogP contribution in [-0.2, 0) is 6.42 Å². The van der Waals surface area contributed by atoms with E-state index < -0.39 is 0 Å². The summed E-state index contributed by atoms with van der Waals surface area (Å²) >= 11 is 3.52. The Labute approximate surface area is 128 Å². The van der Waals surface area contributed by atoms with E-state index in [2.05, 4.69) is 40.3 Å². The third-order valence-electron chi connectivity index (χ3n) is 3.24. The minimum Gasteiger partial charge on any atom is -0.310 e. The Kier molecular flexibility index (Phi) is 5.74. The summed E-state index contributed by atoms with van der Waals surface area (Å²) in [4.78, 5) is 0. The van der Waals surface area contributed by atoms with E-state index in [4.69, 9.17) is 0 Å². The van der Waals surface area contributed by atoms with Gasteiger partial charge in [0.05, 0.1) is 0 Å². The fourth-order valence-electron chi connectivity index (χ4n) is 2.21. The molecule has 0 aromatic heterocycles. The molecule has 0 amide bonds. The monoisotopic (exact) mass is 335 g/mol. The summed E-state index contributed by atoms with van der Waals surface area (Å²) in [6.45, 7) is 3.13. The van der Waals surface area contributed by atoms with Crippen molar-refractivity contribution < 1.29 is 4.39 Å². The first kappa shape index (κ1) is 15.2. The molecule has 20 heavy (non-hydrogen) atoms. The molecule has 1 N–H and O–H groups in total. The zero-order valence-electron chi connectivity index (χ0n) is 11.6. The molecule has 2 rings (SSSR count). The molecule has 1 nitrogen and oxygen atoms in total. The highest BCUT2D eigenvalue weighted by Gasteiger charge is 2.12. The lowest BCUT2D eigenvalue weighted by Gasteiger charge is -2.19. The highest BCUT2D eigenvalue weighted by atomic mass is 79.9. The van der Waals surface area contributed by atoms with Gasteiger partial charge in [0.25, 0.3) is 0 Å². The molecular weight excluding hydrogens is 317 g/mol. The van der Waals surface area contributed by atoms with Gasteiger partial charge in [-0.15, -0.1) is 0 Å². The quantitative estimate of drug-likeness (QED) is 0.793. The molecule has 106 valence electrons. The zero-order chi connectivity index (χ0) is 14.4. The third kappa shape index (κ3) is 4.43. The van der Waals surface area contributed by atoms with E-state index in [1.54, 1.807) is 0 Å². The van der Waals surface area contributed by atoms with Gasteiger partial charge in [0.2, 0.25) is 0 Å². The lowest BCUT2D eigenvalue weighted by Crippen LogP contribution is -2.24. The average molecular weight is 336 g/mol. The van der Waals surface area contributed by atoms with Gasteiger partial charge in [-0.05, 0) is 54.8 Å². The molecule has 2 aromatic rings. The number of benzene rings is 2. The van der Waals surface area contributed by atoms with Gasteiger partial charge in [0.1, 0.15) is 5.82 Å². The molecule has 0 fully saturated rings. The second-order valence-electron chi connectivity index (χ2n) is 4.89. The second kappa shape index (κ2) is 7.55. The van der Waals surface area contributed by atoms with Crippen molar-refractivity contribution in [2.24, 2.45) is 0 Å². The Morgan fingerprint density at radius 1 is 1.15 bits per heavy atom. The van der Waals surface area contributed by atoms with Gasteiger partial charge in [-0.1, -0.05) is 47.1 Å². The molecular formula is C17H19BrFN. The Bertz CT molecular complexity index is 539. The van der Waals surface area contributed by atoms with Crippen molar-refractivity contribution in [2.75, 3.05) is 6.54 Å². The summed E-state index contributed by atoms with van der Waals surface area (Å²) in [6.07, 6.45) is 1.95. The molecule has 0 spiro atoms. The Morgan fingerprint density at radius 2 is 1.90 bits per heavy atom. The first-order chi connectivity index (χ1) is 9.69. The first-order valence-electron chi connectivity index (χ1n) is 6.92. The molecule has 0 radical (unpaired) electrons. The van der Waals surface area contributed by atoms with Crippen molar-refractivity contribution in [1.82, 2.24) is 5.32 Å². The van der Waals surface area contributed by atoms with Gasteiger partial charge in [0.15, 0.2) is 0 Å². The molecule has 3 heteroatoms. The highest BCUT2D eigenvalue weighted by Crippen LogP contribution is 2.22. The molecule has 0 bridgehead atoms. The number of hydrogen-bond acceptors (Lipinski definition) is 1. The van der Waals surface area contributed by atoms with E-state index in [0.29, 0.717) is 0 Å². The fourth-order valence-corrected chi connectivity index (χ4v) is 2.62. The van der Waals surface area contributed by atoms with Crippen molar-refractivity contribution in [2.45, 2.75) is 25.8 Å². The minimum absolute atomic E-state index is 0.186. The van der Waals surface area contributed by atoms with Crippen LogP contribution in [-0.4, -0.2) is 6.54 Å². The van der Waals surface area contributed by atoms with Crippen LogP contribution >= 0.6 is 15.9 Å². The number of nitrogens with one attached hydrogen (secondary N) is 1. The van der Waals surface area contributed by atoms with Crippen LogP contribution in [0, 0.1) is 5.82 Å². The Morgan fingerprint density at radius 3 is 2.55 bits per heavy atom. The maximum atomic E-state index is 13.0. The average Bonchev–Trinajstić information content (AvgIpc) is 2.45. The van der Waals surface area contributed by atoms with E-state index in [0.717, 1.165) is 29.4 Å². The van der Waals surface area contributed by atoms with Gasteiger partial charge in [-0.25, -0.2) is 4.39 Å². The topological polar surface area (TPSA) is 12.0 Å². The second-order valence-corrected chi connectivity index (χ2v) is 5.81. The van der Waals surface area contributed by atoms with Crippen molar-refractivity contribution in [3.63, 3.8) is 0 Å². The van der Waals surface area contributed by atoms with Crippen molar-refractivity contribution in [1.29, 1.82) is 0 Å². The van der Waals surface area contributed by atoms with Crippen molar-refractivity contribution in [3.05, 3.63) is 69.9 Å². The van der Waals surface area contributed by atoms with Crippen molar-refractivity contribution in [3.8, 4) is 0 Å². The van der Waals surface area contributed by atoms with Crippen molar-refractivity contribution >= 4 is 15.9 Å². The van der Waals surface area contributed by atoms with E-state index in [1.165, 1.54) is 17.7 Å². The maximum Gasteiger partial charge on any atom is 0.123 e. The van der Waals surface area contributed by atoms with E-state index in [9.17, 15) is 4.39 Å². The predicted molar refractivity (Wildman–Crippen MR) is 85.3 cm³/mol. The SMILES string of the molecule is CCCNC(Cc1ccc(F)cc1)c1cccc(Br)c1. The smallest absolute Gasteiger partial charge is 0.123 e. The molecule has 0 saturated carbocycles. The summed E-state index contributed by atoms with van der Waals surface area (Å²) < 4.78 is 14.1. The Hall–Kier alpha value is -1.19. The Balaban J connectivity index is 2.16. The maximum absolute atomic E-state index is 13.0. The molecule has 0 saturated heterocycles. The van der Waals surface area contributed by atoms with Crippen LogP contribution in [0.15, 0.2) is 53.0 Å². The van der Waals surface area contributed by atoms with Gasteiger partial charge < -0.3 is 5.32 Å².